The largest absolute Gasteiger partial charge is 0.481 e. The highest BCUT2D eigenvalue weighted by Gasteiger charge is 2.37. The molecule has 10 heteroatoms. The number of nitrogens with two attached hydrogens (primary N) is 2. The number of aliphatic carboxylic acids is 2. The Morgan fingerprint density at radius 2 is 1.69 bits per heavy atom. The number of carbonyl (C=O) groups is 4. The minimum Gasteiger partial charge on any atom is -0.481 e. The molecule has 0 heterocycles. The molecule has 0 saturated carbocycles. The SMILES string of the molecule is NN=Cc1ccc(C#CCCC(=O)N(C(=O)[C@@H](N)CC(=O)O)[C@@H](Cc2ccccc2)C(=O)O)cc1. The Morgan fingerprint density at radius 1 is 1.03 bits per heavy atom. The van der Waals surface area contributed by atoms with Crippen LogP contribution in [0.5, 0.6) is 0 Å². The molecule has 2 amide bonds. The average Bonchev–Trinajstić information content (AvgIpc) is 2.82. The van der Waals surface area contributed by atoms with Crippen LogP contribution in [0.2, 0.25) is 0 Å². The molecule has 2 aromatic carbocycles. The molecule has 0 aliphatic carbocycles. The third-order valence-electron chi connectivity index (χ3n) is 4.92. The van der Waals surface area contributed by atoms with Crippen LogP contribution in [0, 0.1) is 11.8 Å². The normalized spacial score (nSPS) is 12.3. The molecule has 2 rings (SSSR count). The first-order valence-corrected chi connectivity index (χ1v) is 10.6. The van der Waals surface area contributed by atoms with E-state index in [1.54, 1.807) is 54.6 Å². The highest BCUT2D eigenvalue weighted by atomic mass is 16.4. The van der Waals surface area contributed by atoms with Crippen molar-refractivity contribution in [1.29, 1.82) is 0 Å². The lowest BCUT2D eigenvalue weighted by Gasteiger charge is -2.29. The van der Waals surface area contributed by atoms with Crippen LogP contribution in [0.1, 0.15) is 36.0 Å². The summed E-state index contributed by atoms with van der Waals surface area (Å²) < 4.78 is 0. The molecule has 10 nitrogen and oxygen atoms in total. The predicted octanol–water partition coefficient (Wildman–Crippen LogP) is 0.964. The van der Waals surface area contributed by atoms with E-state index in [-0.39, 0.29) is 19.3 Å². The lowest BCUT2D eigenvalue weighted by Crippen LogP contribution is -2.55. The summed E-state index contributed by atoms with van der Waals surface area (Å²) in [4.78, 5) is 49.5. The van der Waals surface area contributed by atoms with Crippen molar-refractivity contribution in [3.8, 4) is 11.8 Å². The molecule has 0 radical (unpaired) electrons. The number of carboxylic acid groups (broad SMARTS) is 2. The number of carbonyl (C=O) groups excluding carboxylic acids is 2. The number of nitrogens with zero attached hydrogens (tertiary/aromatic N) is 2. The summed E-state index contributed by atoms with van der Waals surface area (Å²) in [5.41, 5.74) is 7.74. The van der Waals surface area contributed by atoms with E-state index in [9.17, 15) is 24.3 Å². The summed E-state index contributed by atoms with van der Waals surface area (Å²) in [5.74, 6) is 6.18. The molecule has 0 fully saturated rings. The predicted molar refractivity (Wildman–Crippen MR) is 128 cm³/mol. The van der Waals surface area contributed by atoms with Crippen LogP contribution in [0.15, 0.2) is 59.7 Å². The van der Waals surface area contributed by atoms with E-state index in [1.807, 2.05) is 0 Å². The lowest BCUT2D eigenvalue weighted by molar-refractivity contribution is -0.159. The highest BCUT2D eigenvalue weighted by molar-refractivity contribution is 6.02. The van der Waals surface area contributed by atoms with Crippen molar-refractivity contribution in [2.45, 2.75) is 37.8 Å². The van der Waals surface area contributed by atoms with Gasteiger partial charge in [-0.15, -0.1) is 0 Å². The van der Waals surface area contributed by atoms with E-state index in [2.05, 4.69) is 16.9 Å². The van der Waals surface area contributed by atoms with Crippen LogP contribution in [0.3, 0.4) is 0 Å². The minimum absolute atomic E-state index is 0.0421. The summed E-state index contributed by atoms with van der Waals surface area (Å²) in [6.45, 7) is 0. The fourth-order valence-electron chi connectivity index (χ4n) is 3.22. The quantitative estimate of drug-likeness (QED) is 0.169. The Kier molecular flexibility index (Phi) is 10.1. The minimum atomic E-state index is -1.57. The standard InChI is InChI=1S/C25H26N4O6/c26-20(15-23(31)32)24(33)29(21(25(34)35)14-18-7-2-1-3-8-18)22(30)9-5-4-6-17-10-12-19(13-11-17)16-28-27/h1-3,7-8,10-13,16,20-21H,5,9,14-15,26-27H2,(H,31,32)(H,34,35)/t20-,21-/m0/s1. The first-order chi connectivity index (χ1) is 16.7. The van der Waals surface area contributed by atoms with Gasteiger partial charge in [0.15, 0.2) is 0 Å². The van der Waals surface area contributed by atoms with Crippen LogP contribution >= 0.6 is 0 Å². The summed E-state index contributed by atoms with van der Waals surface area (Å²) in [5, 5.41) is 22.2. The zero-order valence-corrected chi connectivity index (χ0v) is 18.8. The van der Waals surface area contributed by atoms with E-state index < -0.39 is 42.3 Å². The van der Waals surface area contributed by atoms with Crippen LogP contribution in [0.25, 0.3) is 0 Å². The van der Waals surface area contributed by atoms with Crippen LogP contribution in [0.4, 0.5) is 0 Å². The molecule has 0 aromatic heterocycles. The Bertz CT molecular complexity index is 1140. The zero-order valence-electron chi connectivity index (χ0n) is 18.8. The molecule has 0 aliphatic heterocycles. The fraction of sp³-hybridized carbons (Fsp3) is 0.240. The van der Waals surface area contributed by atoms with Gasteiger partial charge in [0.25, 0.3) is 0 Å². The third-order valence-corrected chi connectivity index (χ3v) is 4.92. The van der Waals surface area contributed by atoms with Crippen molar-refractivity contribution < 1.29 is 29.4 Å². The molecule has 6 N–H and O–H groups in total. The number of hydrogen-bond acceptors (Lipinski definition) is 7. The molecular weight excluding hydrogens is 452 g/mol. The molecule has 2 aromatic rings. The van der Waals surface area contributed by atoms with E-state index in [1.165, 1.54) is 6.21 Å². The number of amides is 2. The number of hydrazone groups is 1. The molecule has 2 atom stereocenters. The van der Waals surface area contributed by atoms with Gasteiger partial charge < -0.3 is 21.8 Å². The molecule has 182 valence electrons. The molecule has 0 spiro atoms. The third kappa shape index (κ3) is 8.42. The second-order valence-electron chi connectivity index (χ2n) is 7.55. The molecule has 0 unspecified atom stereocenters. The van der Waals surface area contributed by atoms with Gasteiger partial charge in [0.2, 0.25) is 11.8 Å². The van der Waals surface area contributed by atoms with Gasteiger partial charge in [-0.05, 0) is 23.3 Å². The van der Waals surface area contributed by atoms with Crippen LogP contribution in [-0.4, -0.2) is 57.2 Å². The monoisotopic (exact) mass is 478 g/mol. The summed E-state index contributed by atoms with van der Waals surface area (Å²) >= 11 is 0. The van der Waals surface area contributed by atoms with Crippen LogP contribution in [-0.2, 0) is 25.6 Å². The number of imide groups is 1. The van der Waals surface area contributed by atoms with Gasteiger partial charge in [-0.3, -0.25) is 19.3 Å². The van der Waals surface area contributed by atoms with Crippen molar-refractivity contribution in [2.24, 2.45) is 16.7 Å². The number of carboxylic acids is 2. The summed E-state index contributed by atoms with van der Waals surface area (Å²) in [6, 6.07) is 12.3. The second kappa shape index (κ2) is 13.3. The van der Waals surface area contributed by atoms with Crippen molar-refractivity contribution in [1.82, 2.24) is 4.90 Å². The number of hydrogen-bond donors (Lipinski definition) is 4. The van der Waals surface area contributed by atoms with Gasteiger partial charge in [-0.1, -0.05) is 54.3 Å². The van der Waals surface area contributed by atoms with Crippen molar-refractivity contribution in [3.05, 3.63) is 71.3 Å². The van der Waals surface area contributed by atoms with E-state index in [0.717, 1.165) is 5.56 Å². The first-order valence-electron chi connectivity index (χ1n) is 10.6. The lowest BCUT2D eigenvalue weighted by atomic mass is 10.0. The number of benzene rings is 2. The van der Waals surface area contributed by atoms with Gasteiger partial charge in [0.05, 0.1) is 18.7 Å². The summed E-state index contributed by atoms with van der Waals surface area (Å²) in [7, 11) is 0. The van der Waals surface area contributed by atoms with Crippen molar-refractivity contribution >= 4 is 30.0 Å². The molecule has 0 aliphatic rings. The highest BCUT2D eigenvalue weighted by Crippen LogP contribution is 2.14. The second-order valence-corrected chi connectivity index (χ2v) is 7.55. The molecule has 0 saturated heterocycles. The average molecular weight is 479 g/mol. The Balaban J connectivity index is 2.21. The van der Waals surface area contributed by atoms with Gasteiger partial charge in [-0.2, -0.15) is 5.10 Å². The zero-order chi connectivity index (χ0) is 25.8. The van der Waals surface area contributed by atoms with Crippen molar-refractivity contribution in [2.75, 3.05) is 0 Å². The van der Waals surface area contributed by atoms with E-state index in [0.29, 0.717) is 16.0 Å². The molecular formula is C25H26N4O6. The van der Waals surface area contributed by atoms with Gasteiger partial charge >= 0.3 is 11.9 Å². The molecule has 35 heavy (non-hydrogen) atoms. The maximum atomic E-state index is 13.0. The van der Waals surface area contributed by atoms with Gasteiger partial charge in [0, 0.05) is 24.8 Å². The van der Waals surface area contributed by atoms with Gasteiger partial charge in [-0.25, -0.2) is 4.79 Å². The van der Waals surface area contributed by atoms with E-state index in [4.69, 9.17) is 16.7 Å². The Labute approximate surface area is 202 Å². The number of rotatable bonds is 10. The maximum absolute atomic E-state index is 13.0. The maximum Gasteiger partial charge on any atom is 0.327 e. The smallest absolute Gasteiger partial charge is 0.327 e. The summed E-state index contributed by atoms with van der Waals surface area (Å²) in [6.07, 6.45) is 0.364. The Morgan fingerprint density at radius 3 is 2.26 bits per heavy atom. The van der Waals surface area contributed by atoms with Crippen LogP contribution < -0.4 is 11.6 Å². The van der Waals surface area contributed by atoms with Gasteiger partial charge in [0.1, 0.15) is 6.04 Å². The van der Waals surface area contributed by atoms with Crippen molar-refractivity contribution in [3.63, 3.8) is 0 Å². The van der Waals surface area contributed by atoms with E-state index >= 15 is 0 Å². The Hall–Kier alpha value is -4.49. The first kappa shape index (κ1) is 26.8. The molecule has 0 bridgehead atoms. The fourth-order valence-corrected chi connectivity index (χ4v) is 3.22. The topological polar surface area (TPSA) is 176 Å².